The van der Waals surface area contributed by atoms with Crippen LogP contribution in [-0.4, -0.2) is 32.8 Å². The number of carbonyl (C=O) groups excluding carboxylic acids is 1. The molecule has 0 spiro atoms. The number of amides is 1. The van der Waals surface area contributed by atoms with Crippen LogP contribution in [0.3, 0.4) is 0 Å². The minimum atomic E-state index is -0.391. The van der Waals surface area contributed by atoms with E-state index < -0.39 is 5.56 Å². The third kappa shape index (κ3) is 3.90. The largest absolute Gasteiger partial charge is 0.335 e. The van der Waals surface area contributed by atoms with E-state index >= 15 is 0 Å². The number of nitrogens with zero attached hydrogens (tertiary/aromatic N) is 3. The molecule has 0 radical (unpaired) electrons. The van der Waals surface area contributed by atoms with Gasteiger partial charge in [-0.25, -0.2) is 9.97 Å². The van der Waals surface area contributed by atoms with Gasteiger partial charge < -0.3 is 9.88 Å². The average molecular weight is 348 g/mol. The summed E-state index contributed by atoms with van der Waals surface area (Å²) < 4.78 is 0. The number of H-pyrrole nitrogens is 1. The fourth-order valence-corrected chi connectivity index (χ4v) is 3.16. The normalized spacial score (nSPS) is 11.6. The average Bonchev–Trinajstić information content (AvgIpc) is 2.92. The number of thiazole rings is 1. The maximum atomic E-state index is 12.7. The smallest absolute Gasteiger partial charge is 0.264 e. The van der Waals surface area contributed by atoms with Crippen LogP contribution in [0.4, 0.5) is 0 Å². The predicted octanol–water partition coefficient (Wildman–Crippen LogP) is 2.67. The van der Waals surface area contributed by atoms with Gasteiger partial charge in [0.1, 0.15) is 16.4 Å². The van der Waals surface area contributed by atoms with Crippen LogP contribution in [0.1, 0.15) is 59.5 Å². The standard InChI is InChI=1S/C17H24N4O2S/c1-7-11-8-18-12(24-11)9-21(6)15(23)13-10(2)19-16(17(3,4)5)20-14(13)22/h8H,7,9H2,1-6H3,(H,19,20,22). The van der Waals surface area contributed by atoms with Crippen LogP contribution in [0.5, 0.6) is 0 Å². The van der Waals surface area contributed by atoms with E-state index in [2.05, 4.69) is 21.9 Å². The molecule has 0 bridgehead atoms. The van der Waals surface area contributed by atoms with Crippen LogP contribution >= 0.6 is 11.3 Å². The van der Waals surface area contributed by atoms with E-state index in [1.807, 2.05) is 27.0 Å². The molecule has 7 heteroatoms. The molecule has 2 heterocycles. The molecule has 6 nitrogen and oxygen atoms in total. The lowest BCUT2D eigenvalue weighted by Crippen LogP contribution is -2.34. The van der Waals surface area contributed by atoms with Crippen LogP contribution in [0.25, 0.3) is 0 Å². The second kappa shape index (κ2) is 6.84. The van der Waals surface area contributed by atoms with Gasteiger partial charge in [0, 0.05) is 23.5 Å². The van der Waals surface area contributed by atoms with Crippen LogP contribution in [-0.2, 0) is 18.4 Å². The van der Waals surface area contributed by atoms with Crippen molar-refractivity contribution in [3.8, 4) is 0 Å². The first kappa shape index (κ1) is 18.3. The quantitative estimate of drug-likeness (QED) is 0.921. The molecule has 0 aliphatic rings. The molecule has 130 valence electrons. The number of aromatic nitrogens is 3. The second-order valence-electron chi connectivity index (χ2n) is 6.86. The summed E-state index contributed by atoms with van der Waals surface area (Å²) in [5, 5.41) is 0.857. The molecule has 0 aliphatic heterocycles. The van der Waals surface area contributed by atoms with Gasteiger partial charge in [0.15, 0.2) is 0 Å². The maximum absolute atomic E-state index is 12.7. The Labute approximate surface area is 146 Å². The summed E-state index contributed by atoms with van der Waals surface area (Å²) in [6.45, 7) is 10.0. The summed E-state index contributed by atoms with van der Waals surface area (Å²) in [5.41, 5.74) is -0.126. The van der Waals surface area contributed by atoms with Crippen LogP contribution in [0.2, 0.25) is 0 Å². The van der Waals surface area contributed by atoms with Crippen molar-refractivity contribution in [1.29, 1.82) is 0 Å². The van der Waals surface area contributed by atoms with E-state index in [4.69, 9.17) is 0 Å². The zero-order valence-electron chi connectivity index (χ0n) is 15.1. The first-order chi connectivity index (χ1) is 11.1. The van der Waals surface area contributed by atoms with Gasteiger partial charge in [-0.2, -0.15) is 0 Å². The first-order valence-electron chi connectivity index (χ1n) is 7.94. The molecule has 0 atom stereocenters. The Bertz CT molecular complexity index is 802. The summed E-state index contributed by atoms with van der Waals surface area (Å²) in [6, 6.07) is 0. The molecule has 24 heavy (non-hydrogen) atoms. The number of hydrogen-bond acceptors (Lipinski definition) is 5. The van der Waals surface area contributed by atoms with Gasteiger partial charge in [-0.15, -0.1) is 11.3 Å². The fourth-order valence-electron chi connectivity index (χ4n) is 2.24. The third-order valence-corrected chi connectivity index (χ3v) is 4.82. The van der Waals surface area contributed by atoms with E-state index in [1.54, 1.807) is 25.3 Å². The molecule has 2 rings (SSSR count). The lowest BCUT2D eigenvalue weighted by molar-refractivity contribution is 0.0781. The highest BCUT2D eigenvalue weighted by Crippen LogP contribution is 2.19. The van der Waals surface area contributed by atoms with Crippen LogP contribution < -0.4 is 5.56 Å². The number of carbonyl (C=O) groups is 1. The molecule has 0 aliphatic carbocycles. The zero-order valence-corrected chi connectivity index (χ0v) is 15.9. The van der Waals surface area contributed by atoms with E-state index in [-0.39, 0.29) is 16.9 Å². The van der Waals surface area contributed by atoms with Crippen molar-refractivity contribution in [3.63, 3.8) is 0 Å². The van der Waals surface area contributed by atoms with Gasteiger partial charge >= 0.3 is 0 Å². The van der Waals surface area contributed by atoms with Crippen molar-refractivity contribution >= 4 is 17.2 Å². The lowest BCUT2D eigenvalue weighted by atomic mass is 9.95. The molecule has 0 aromatic carbocycles. The number of nitrogens with one attached hydrogen (secondary N) is 1. The van der Waals surface area contributed by atoms with Crippen molar-refractivity contribution in [2.45, 2.75) is 53.0 Å². The summed E-state index contributed by atoms with van der Waals surface area (Å²) >= 11 is 1.58. The van der Waals surface area contributed by atoms with Crippen molar-refractivity contribution in [2.24, 2.45) is 0 Å². The van der Waals surface area contributed by atoms with Crippen molar-refractivity contribution in [1.82, 2.24) is 19.9 Å². The Morgan fingerprint density at radius 2 is 2.04 bits per heavy atom. The SMILES string of the molecule is CCc1cnc(CN(C)C(=O)c2c(C)nc(C(C)(C)C)[nH]c2=O)s1. The minimum absolute atomic E-state index is 0.0952. The molecule has 0 unspecified atom stereocenters. The fraction of sp³-hybridized carbons (Fsp3) is 0.529. The Hall–Kier alpha value is -2.02. The first-order valence-corrected chi connectivity index (χ1v) is 8.75. The van der Waals surface area contributed by atoms with E-state index in [9.17, 15) is 9.59 Å². The molecular formula is C17H24N4O2S. The van der Waals surface area contributed by atoms with Gasteiger partial charge in [0.2, 0.25) is 0 Å². The third-order valence-electron chi connectivity index (χ3n) is 3.69. The van der Waals surface area contributed by atoms with E-state index in [0.717, 1.165) is 11.4 Å². The molecule has 0 fully saturated rings. The highest BCUT2D eigenvalue weighted by Gasteiger charge is 2.24. The second-order valence-corrected chi connectivity index (χ2v) is 8.06. The van der Waals surface area contributed by atoms with Crippen LogP contribution in [0, 0.1) is 6.92 Å². The molecule has 2 aromatic heterocycles. The molecular weight excluding hydrogens is 324 g/mol. The lowest BCUT2D eigenvalue weighted by Gasteiger charge is -2.20. The zero-order chi connectivity index (χ0) is 18.1. The van der Waals surface area contributed by atoms with Gasteiger partial charge in [-0.3, -0.25) is 9.59 Å². The van der Waals surface area contributed by atoms with Gasteiger partial charge in [-0.1, -0.05) is 27.7 Å². The monoisotopic (exact) mass is 348 g/mol. The Kier molecular flexibility index (Phi) is 5.22. The number of aromatic amines is 1. The summed E-state index contributed by atoms with van der Waals surface area (Å²) in [5.74, 6) is 0.242. The molecule has 0 saturated carbocycles. The minimum Gasteiger partial charge on any atom is -0.335 e. The number of rotatable bonds is 4. The summed E-state index contributed by atoms with van der Waals surface area (Å²) in [7, 11) is 1.67. The van der Waals surface area contributed by atoms with Crippen molar-refractivity contribution in [3.05, 3.63) is 43.5 Å². The number of aryl methyl sites for hydroxylation is 2. The molecule has 1 amide bonds. The Morgan fingerprint density at radius 3 is 2.54 bits per heavy atom. The highest BCUT2D eigenvalue weighted by atomic mass is 32.1. The van der Waals surface area contributed by atoms with Gasteiger partial charge in [0.25, 0.3) is 11.5 Å². The maximum Gasteiger partial charge on any atom is 0.264 e. The van der Waals surface area contributed by atoms with Crippen LogP contribution in [0.15, 0.2) is 11.0 Å². The van der Waals surface area contributed by atoms with E-state index in [0.29, 0.717) is 18.1 Å². The predicted molar refractivity (Wildman–Crippen MR) is 95.6 cm³/mol. The molecule has 1 N–H and O–H groups in total. The van der Waals surface area contributed by atoms with Crippen molar-refractivity contribution in [2.75, 3.05) is 7.05 Å². The molecule has 2 aromatic rings. The highest BCUT2D eigenvalue weighted by molar-refractivity contribution is 7.11. The molecule has 0 saturated heterocycles. The Balaban J connectivity index is 2.27. The van der Waals surface area contributed by atoms with Gasteiger partial charge in [-0.05, 0) is 13.3 Å². The Morgan fingerprint density at radius 1 is 1.38 bits per heavy atom. The van der Waals surface area contributed by atoms with Crippen molar-refractivity contribution < 1.29 is 4.79 Å². The number of hydrogen-bond donors (Lipinski definition) is 1. The topological polar surface area (TPSA) is 79.0 Å². The summed E-state index contributed by atoms with van der Waals surface area (Å²) in [6.07, 6.45) is 2.75. The summed E-state index contributed by atoms with van der Waals surface area (Å²) in [4.78, 5) is 39.2. The van der Waals surface area contributed by atoms with E-state index in [1.165, 1.54) is 9.78 Å². The van der Waals surface area contributed by atoms with Gasteiger partial charge in [0.05, 0.1) is 12.2 Å².